The van der Waals surface area contributed by atoms with Crippen molar-refractivity contribution < 1.29 is 4.79 Å². The Morgan fingerprint density at radius 2 is 2.21 bits per heavy atom. The van der Waals surface area contributed by atoms with Crippen molar-refractivity contribution in [3.63, 3.8) is 0 Å². The number of rotatable bonds is 1. The molecular weight excluding hydrogens is 260 g/mol. The number of hydrogen-bond acceptors (Lipinski definition) is 2. The van der Waals surface area contributed by atoms with Crippen molar-refractivity contribution in [2.45, 2.75) is 19.8 Å². The van der Waals surface area contributed by atoms with Crippen molar-refractivity contribution in [2.24, 2.45) is 5.41 Å². The molecule has 2 aliphatic rings. The lowest BCUT2D eigenvalue weighted by atomic mass is 9.86. The lowest BCUT2D eigenvalue weighted by molar-refractivity contribution is 0.0775. The zero-order chi connectivity index (χ0) is 12.6. The van der Waals surface area contributed by atoms with Crippen LogP contribution in [0.2, 0.25) is 0 Å². The van der Waals surface area contributed by atoms with Gasteiger partial charge in [0.2, 0.25) is 0 Å². The van der Waals surface area contributed by atoms with Gasteiger partial charge in [-0.25, -0.2) is 0 Å². The van der Waals surface area contributed by atoms with E-state index in [9.17, 15) is 4.79 Å². The molecule has 0 aromatic heterocycles. The molecule has 19 heavy (non-hydrogen) atoms. The molecule has 2 saturated heterocycles. The fourth-order valence-corrected chi connectivity index (χ4v) is 3.21. The largest absolute Gasteiger partial charge is 0.338 e. The molecule has 2 aliphatic heterocycles. The molecule has 104 valence electrons. The van der Waals surface area contributed by atoms with Gasteiger partial charge in [-0.3, -0.25) is 4.79 Å². The van der Waals surface area contributed by atoms with Crippen LogP contribution in [-0.2, 0) is 0 Å². The standard InChI is InChI=1S/C15H20N2O.ClH/c1-12-3-2-4-13(9-12)14(18)17-8-6-15(11-17)5-7-16-10-15;/h2-4,9,16H,5-8,10-11H2,1H3;1H. The fourth-order valence-electron chi connectivity index (χ4n) is 3.21. The van der Waals surface area contributed by atoms with Gasteiger partial charge in [-0.2, -0.15) is 0 Å². The third-order valence-electron chi connectivity index (χ3n) is 4.32. The Bertz CT molecular complexity index is 469. The smallest absolute Gasteiger partial charge is 0.253 e. The predicted octanol–water partition coefficient (Wildman–Crippen LogP) is 2.24. The van der Waals surface area contributed by atoms with Crippen LogP contribution in [0.15, 0.2) is 24.3 Å². The lowest BCUT2D eigenvalue weighted by Gasteiger charge is -2.22. The second-order valence-corrected chi connectivity index (χ2v) is 5.77. The molecule has 1 aromatic carbocycles. The van der Waals surface area contributed by atoms with Crippen LogP contribution in [0.3, 0.4) is 0 Å². The van der Waals surface area contributed by atoms with Gasteiger partial charge < -0.3 is 10.2 Å². The van der Waals surface area contributed by atoms with E-state index < -0.39 is 0 Å². The van der Waals surface area contributed by atoms with Gasteiger partial charge in [-0.15, -0.1) is 12.4 Å². The summed E-state index contributed by atoms with van der Waals surface area (Å²) in [4.78, 5) is 14.5. The topological polar surface area (TPSA) is 32.3 Å². The Hall–Kier alpha value is -1.06. The monoisotopic (exact) mass is 280 g/mol. The van der Waals surface area contributed by atoms with E-state index in [-0.39, 0.29) is 18.3 Å². The number of hydrogen-bond donors (Lipinski definition) is 1. The Morgan fingerprint density at radius 3 is 2.89 bits per heavy atom. The first-order chi connectivity index (χ1) is 8.69. The number of halogens is 1. The molecule has 1 atom stereocenters. The van der Waals surface area contributed by atoms with Crippen LogP contribution in [-0.4, -0.2) is 37.0 Å². The maximum absolute atomic E-state index is 12.4. The van der Waals surface area contributed by atoms with E-state index in [2.05, 4.69) is 5.32 Å². The Morgan fingerprint density at radius 1 is 1.37 bits per heavy atom. The van der Waals surface area contributed by atoms with E-state index in [4.69, 9.17) is 0 Å². The minimum absolute atomic E-state index is 0. The summed E-state index contributed by atoms with van der Waals surface area (Å²) in [6.07, 6.45) is 2.36. The molecule has 0 bridgehead atoms. The quantitative estimate of drug-likeness (QED) is 0.856. The van der Waals surface area contributed by atoms with Crippen LogP contribution in [0.4, 0.5) is 0 Å². The Kier molecular flexibility index (Phi) is 4.16. The number of aryl methyl sites for hydroxylation is 1. The van der Waals surface area contributed by atoms with E-state index in [1.807, 2.05) is 36.1 Å². The lowest BCUT2D eigenvalue weighted by Crippen LogP contribution is -2.33. The summed E-state index contributed by atoms with van der Waals surface area (Å²) >= 11 is 0. The number of nitrogens with zero attached hydrogens (tertiary/aromatic N) is 1. The molecule has 3 nitrogen and oxygen atoms in total. The molecule has 0 aliphatic carbocycles. The number of benzene rings is 1. The first-order valence-electron chi connectivity index (χ1n) is 6.75. The van der Waals surface area contributed by atoms with Crippen molar-refractivity contribution in [2.75, 3.05) is 26.2 Å². The van der Waals surface area contributed by atoms with Crippen molar-refractivity contribution in [3.05, 3.63) is 35.4 Å². The summed E-state index contributed by atoms with van der Waals surface area (Å²) < 4.78 is 0. The molecule has 2 heterocycles. The summed E-state index contributed by atoms with van der Waals surface area (Å²) in [5.41, 5.74) is 2.34. The first kappa shape index (κ1) is 14.4. The molecule has 2 fully saturated rings. The molecule has 1 aromatic rings. The Balaban J connectivity index is 0.00000133. The van der Waals surface area contributed by atoms with Gasteiger partial charge in [0, 0.05) is 30.6 Å². The van der Waals surface area contributed by atoms with E-state index in [1.165, 1.54) is 6.42 Å². The minimum atomic E-state index is 0. The first-order valence-corrected chi connectivity index (χ1v) is 6.75. The van der Waals surface area contributed by atoms with Crippen LogP contribution >= 0.6 is 12.4 Å². The van der Waals surface area contributed by atoms with Gasteiger partial charge in [0.1, 0.15) is 0 Å². The highest BCUT2D eigenvalue weighted by Gasteiger charge is 2.41. The van der Waals surface area contributed by atoms with Crippen LogP contribution in [0.1, 0.15) is 28.8 Å². The fraction of sp³-hybridized carbons (Fsp3) is 0.533. The van der Waals surface area contributed by atoms with E-state index in [0.29, 0.717) is 5.41 Å². The molecular formula is C15H21ClN2O. The van der Waals surface area contributed by atoms with Gasteiger partial charge in [0.15, 0.2) is 0 Å². The number of nitrogens with one attached hydrogen (secondary N) is 1. The second-order valence-electron chi connectivity index (χ2n) is 5.77. The molecule has 3 rings (SSSR count). The molecule has 1 N–H and O–H groups in total. The second kappa shape index (κ2) is 5.51. The summed E-state index contributed by atoms with van der Waals surface area (Å²) in [6.45, 7) is 6.04. The van der Waals surface area contributed by atoms with Crippen LogP contribution < -0.4 is 5.32 Å². The van der Waals surface area contributed by atoms with Gasteiger partial charge in [0.25, 0.3) is 5.91 Å². The highest BCUT2D eigenvalue weighted by atomic mass is 35.5. The SMILES string of the molecule is Cc1cccc(C(=O)N2CCC3(CCNC3)C2)c1.Cl. The maximum Gasteiger partial charge on any atom is 0.253 e. The molecule has 0 radical (unpaired) electrons. The summed E-state index contributed by atoms with van der Waals surface area (Å²) in [7, 11) is 0. The third-order valence-corrected chi connectivity index (χ3v) is 4.32. The van der Waals surface area contributed by atoms with Crippen molar-refractivity contribution in [1.29, 1.82) is 0 Å². The summed E-state index contributed by atoms with van der Waals surface area (Å²) in [5, 5.41) is 3.43. The zero-order valence-electron chi connectivity index (χ0n) is 11.3. The number of amides is 1. The highest BCUT2D eigenvalue weighted by Crippen LogP contribution is 2.36. The highest BCUT2D eigenvalue weighted by molar-refractivity contribution is 5.94. The molecule has 4 heteroatoms. The van der Waals surface area contributed by atoms with Gasteiger partial charge in [-0.05, 0) is 38.4 Å². The molecule has 1 amide bonds. The Labute approximate surface area is 120 Å². The number of likely N-dealkylation sites (tertiary alicyclic amines) is 1. The average molecular weight is 281 g/mol. The van der Waals surface area contributed by atoms with Crippen molar-refractivity contribution >= 4 is 18.3 Å². The van der Waals surface area contributed by atoms with Crippen molar-refractivity contribution in [1.82, 2.24) is 10.2 Å². The van der Waals surface area contributed by atoms with E-state index in [1.54, 1.807) is 0 Å². The van der Waals surface area contributed by atoms with Crippen LogP contribution in [0.25, 0.3) is 0 Å². The van der Waals surface area contributed by atoms with Crippen molar-refractivity contribution in [3.8, 4) is 0 Å². The van der Waals surface area contributed by atoms with Gasteiger partial charge >= 0.3 is 0 Å². The van der Waals surface area contributed by atoms with E-state index in [0.717, 1.165) is 43.7 Å². The number of carbonyl (C=O) groups excluding carboxylic acids is 1. The predicted molar refractivity (Wildman–Crippen MR) is 78.9 cm³/mol. The molecule has 1 unspecified atom stereocenters. The number of carbonyl (C=O) groups is 1. The maximum atomic E-state index is 12.4. The average Bonchev–Trinajstić information content (AvgIpc) is 3.00. The van der Waals surface area contributed by atoms with E-state index >= 15 is 0 Å². The zero-order valence-corrected chi connectivity index (χ0v) is 12.1. The molecule has 0 saturated carbocycles. The molecule has 1 spiro atoms. The minimum Gasteiger partial charge on any atom is -0.338 e. The third kappa shape index (κ3) is 2.77. The van der Waals surface area contributed by atoms with Crippen LogP contribution in [0.5, 0.6) is 0 Å². The van der Waals surface area contributed by atoms with Gasteiger partial charge in [0.05, 0.1) is 0 Å². The normalized spacial score (nSPS) is 25.6. The summed E-state index contributed by atoms with van der Waals surface area (Å²) in [5.74, 6) is 0.197. The summed E-state index contributed by atoms with van der Waals surface area (Å²) in [6, 6.07) is 7.90. The van der Waals surface area contributed by atoms with Gasteiger partial charge in [-0.1, -0.05) is 17.7 Å². The van der Waals surface area contributed by atoms with Crippen LogP contribution in [0, 0.1) is 12.3 Å².